The van der Waals surface area contributed by atoms with E-state index in [-0.39, 0.29) is 5.82 Å². The fourth-order valence-electron chi connectivity index (χ4n) is 1.61. The fourth-order valence-corrected chi connectivity index (χ4v) is 1.61. The summed E-state index contributed by atoms with van der Waals surface area (Å²) in [7, 11) is 1.79. The first-order valence-electron chi connectivity index (χ1n) is 6.20. The van der Waals surface area contributed by atoms with E-state index in [0.29, 0.717) is 17.4 Å². The van der Waals surface area contributed by atoms with Crippen LogP contribution in [-0.4, -0.2) is 17.0 Å². The second-order valence-corrected chi connectivity index (χ2v) is 4.06. The molecule has 1 aromatic carbocycles. The van der Waals surface area contributed by atoms with E-state index in [4.69, 9.17) is 4.74 Å². The van der Waals surface area contributed by atoms with Crippen LogP contribution in [-0.2, 0) is 6.42 Å². The predicted molar refractivity (Wildman–Crippen MR) is 72.0 cm³/mol. The van der Waals surface area contributed by atoms with E-state index >= 15 is 0 Å². The van der Waals surface area contributed by atoms with E-state index < -0.39 is 0 Å². The number of anilines is 1. The standard InChI is InChI=1S/C14H16FN3O/c1-3-4-12-17-13(16-2)9-14(18-12)19-11-7-5-10(15)6-8-11/h5-9H,3-4H2,1-2H3,(H,16,17,18). The van der Waals surface area contributed by atoms with E-state index in [0.717, 1.165) is 18.7 Å². The molecule has 0 radical (unpaired) electrons. The smallest absolute Gasteiger partial charge is 0.224 e. The van der Waals surface area contributed by atoms with E-state index in [1.165, 1.54) is 12.1 Å². The van der Waals surface area contributed by atoms with Crippen molar-refractivity contribution >= 4 is 5.82 Å². The highest BCUT2D eigenvalue weighted by Gasteiger charge is 2.05. The van der Waals surface area contributed by atoms with Crippen molar-refractivity contribution in [3.8, 4) is 11.6 Å². The van der Waals surface area contributed by atoms with E-state index in [1.54, 1.807) is 25.2 Å². The van der Waals surface area contributed by atoms with Crippen LogP contribution in [0.2, 0.25) is 0 Å². The lowest BCUT2D eigenvalue weighted by Gasteiger charge is -2.08. The van der Waals surface area contributed by atoms with Crippen LogP contribution in [0.3, 0.4) is 0 Å². The Morgan fingerprint density at radius 3 is 2.58 bits per heavy atom. The third kappa shape index (κ3) is 3.64. The summed E-state index contributed by atoms with van der Waals surface area (Å²) >= 11 is 0. The molecule has 2 rings (SSSR count). The molecule has 0 aliphatic rings. The molecule has 0 saturated heterocycles. The monoisotopic (exact) mass is 261 g/mol. The number of rotatable bonds is 5. The molecule has 0 aliphatic carbocycles. The Bertz CT molecular complexity index is 543. The zero-order valence-electron chi connectivity index (χ0n) is 11.0. The molecule has 2 aromatic rings. The van der Waals surface area contributed by atoms with Crippen LogP contribution >= 0.6 is 0 Å². The maximum atomic E-state index is 12.8. The van der Waals surface area contributed by atoms with Gasteiger partial charge in [0.25, 0.3) is 0 Å². The molecule has 0 aliphatic heterocycles. The van der Waals surface area contributed by atoms with Gasteiger partial charge in [-0.15, -0.1) is 0 Å². The molecule has 5 heteroatoms. The van der Waals surface area contributed by atoms with Gasteiger partial charge in [-0.3, -0.25) is 0 Å². The van der Waals surface area contributed by atoms with Gasteiger partial charge in [-0.2, -0.15) is 4.98 Å². The van der Waals surface area contributed by atoms with Gasteiger partial charge in [0.1, 0.15) is 23.2 Å². The van der Waals surface area contributed by atoms with Gasteiger partial charge in [0.05, 0.1) is 0 Å². The molecular weight excluding hydrogens is 245 g/mol. The van der Waals surface area contributed by atoms with Gasteiger partial charge in [-0.1, -0.05) is 6.92 Å². The Hall–Kier alpha value is -2.17. The molecular formula is C14H16FN3O. The number of ether oxygens (including phenoxy) is 1. The second-order valence-electron chi connectivity index (χ2n) is 4.06. The Morgan fingerprint density at radius 2 is 1.95 bits per heavy atom. The molecule has 0 atom stereocenters. The van der Waals surface area contributed by atoms with Gasteiger partial charge in [0.15, 0.2) is 0 Å². The van der Waals surface area contributed by atoms with Gasteiger partial charge < -0.3 is 10.1 Å². The summed E-state index contributed by atoms with van der Waals surface area (Å²) in [5, 5.41) is 2.97. The summed E-state index contributed by atoms with van der Waals surface area (Å²) in [5.41, 5.74) is 0. The largest absolute Gasteiger partial charge is 0.439 e. The van der Waals surface area contributed by atoms with Crippen LogP contribution in [0.4, 0.5) is 10.2 Å². The van der Waals surface area contributed by atoms with Crippen LogP contribution in [0.1, 0.15) is 19.2 Å². The quantitative estimate of drug-likeness (QED) is 0.896. The van der Waals surface area contributed by atoms with Crippen molar-refractivity contribution in [3.05, 3.63) is 42.0 Å². The number of nitrogens with one attached hydrogen (secondary N) is 1. The van der Waals surface area contributed by atoms with Gasteiger partial charge in [0, 0.05) is 19.5 Å². The van der Waals surface area contributed by atoms with Crippen LogP contribution in [0.25, 0.3) is 0 Å². The van der Waals surface area contributed by atoms with Gasteiger partial charge >= 0.3 is 0 Å². The van der Waals surface area contributed by atoms with Crippen LogP contribution in [0.15, 0.2) is 30.3 Å². The molecule has 19 heavy (non-hydrogen) atoms. The Kier molecular flexibility index (Phi) is 4.28. The summed E-state index contributed by atoms with van der Waals surface area (Å²) in [6.45, 7) is 2.07. The molecule has 0 unspecified atom stereocenters. The van der Waals surface area contributed by atoms with Crippen molar-refractivity contribution in [1.82, 2.24) is 9.97 Å². The lowest BCUT2D eigenvalue weighted by molar-refractivity contribution is 0.457. The average molecular weight is 261 g/mol. The number of benzene rings is 1. The van der Waals surface area contributed by atoms with Gasteiger partial charge in [0.2, 0.25) is 5.88 Å². The van der Waals surface area contributed by atoms with Crippen molar-refractivity contribution in [2.75, 3.05) is 12.4 Å². The number of halogens is 1. The lowest BCUT2D eigenvalue weighted by Crippen LogP contribution is -2.01. The third-order valence-electron chi connectivity index (χ3n) is 2.51. The van der Waals surface area contributed by atoms with Crippen molar-refractivity contribution in [3.63, 3.8) is 0 Å². The molecule has 0 spiro atoms. The minimum absolute atomic E-state index is 0.294. The molecule has 1 N–H and O–H groups in total. The van der Waals surface area contributed by atoms with Crippen molar-refractivity contribution in [2.45, 2.75) is 19.8 Å². The number of nitrogens with zero attached hydrogens (tertiary/aromatic N) is 2. The minimum atomic E-state index is -0.294. The van der Waals surface area contributed by atoms with Crippen LogP contribution in [0, 0.1) is 5.82 Å². The summed E-state index contributed by atoms with van der Waals surface area (Å²) in [6, 6.07) is 7.54. The molecule has 0 bridgehead atoms. The number of hydrogen-bond acceptors (Lipinski definition) is 4. The van der Waals surface area contributed by atoms with Gasteiger partial charge in [-0.25, -0.2) is 9.37 Å². The molecule has 1 heterocycles. The normalized spacial score (nSPS) is 10.3. The highest BCUT2D eigenvalue weighted by atomic mass is 19.1. The van der Waals surface area contributed by atoms with E-state index in [1.807, 2.05) is 0 Å². The first-order chi connectivity index (χ1) is 9.21. The summed E-state index contributed by atoms with van der Waals surface area (Å²) in [5.74, 6) is 2.14. The zero-order chi connectivity index (χ0) is 13.7. The van der Waals surface area contributed by atoms with E-state index in [2.05, 4.69) is 22.2 Å². The summed E-state index contributed by atoms with van der Waals surface area (Å²) in [6.07, 6.45) is 1.75. The Labute approximate surface area is 111 Å². The van der Waals surface area contributed by atoms with Crippen LogP contribution in [0.5, 0.6) is 11.6 Å². The number of aryl methyl sites for hydroxylation is 1. The van der Waals surface area contributed by atoms with Crippen molar-refractivity contribution < 1.29 is 9.13 Å². The Balaban J connectivity index is 2.23. The lowest BCUT2D eigenvalue weighted by atomic mass is 10.3. The number of aromatic nitrogens is 2. The first kappa shape index (κ1) is 13.3. The van der Waals surface area contributed by atoms with Crippen molar-refractivity contribution in [2.24, 2.45) is 0 Å². The zero-order valence-corrected chi connectivity index (χ0v) is 11.0. The first-order valence-corrected chi connectivity index (χ1v) is 6.20. The molecule has 0 fully saturated rings. The molecule has 4 nitrogen and oxygen atoms in total. The summed E-state index contributed by atoms with van der Waals surface area (Å²) in [4.78, 5) is 8.66. The number of hydrogen-bond donors (Lipinski definition) is 1. The topological polar surface area (TPSA) is 47.0 Å². The maximum absolute atomic E-state index is 12.8. The highest BCUT2D eigenvalue weighted by Crippen LogP contribution is 2.22. The Morgan fingerprint density at radius 1 is 1.21 bits per heavy atom. The minimum Gasteiger partial charge on any atom is -0.439 e. The van der Waals surface area contributed by atoms with Gasteiger partial charge in [-0.05, 0) is 30.7 Å². The molecule has 100 valence electrons. The summed E-state index contributed by atoms with van der Waals surface area (Å²) < 4.78 is 18.4. The third-order valence-corrected chi connectivity index (χ3v) is 2.51. The highest BCUT2D eigenvalue weighted by molar-refractivity contribution is 5.39. The second kappa shape index (κ2) is 6.13. The maximum Gasteiger partial charge on any atom is 0.224 e. The molecule has 0 amide bonds. The van der Waals surface area contributed by atoms with Crippen molar-refractivity contribution in [1.29, 1.82) is 0 Å². The van der Waals surface area contributed by atoms with E-state index in [9.17, 15) is 4.39 Å². The average Bonchev–Trinajstić information content (AvgIpc) is 2.41. The predicted octanol–water partition coefficient (Wildman–Crippen LogP) is 3.40. The van der Waals surface area contributed by atoms with Crippen LogP contribution < -0.4 is 10.1 Å². The molecule has 0 saturated carbocycles. The SMILES string of the molecule is CCCc1nc(NC)cc(Oc2ccc(F)cc2)n1. The fraction of sp³-hybridized carbons (Fsp3) is 0.286. The molecule has 1 aromatic heterocycles.